The monoisotopic (exact) mass is 443 g/mol. The number of benzene rings is 1. The highest BCUT2D eigenvalue weighted by Crippen LogP contribution is 2.24. The fourth-order valence-corrected chi connectivity index (χ4v) is 4.68. The molecule has 5 rings (SSSR count). The van der Waals surface area contributed by atoms with E-state index < -0.39 is 6.10 Å². The number of carbonyl (C=O) groups is 1. The van der Waals surface area contributed by atoms with Gasteiger partial charge in [0, 0.05) is 30.5 Å². The number of amides is 1. The van der Waals surface area contributed by atoms with E-state index in [-0.39, 0.29) is 11.9 Å². The number of aliphatic hydroxyl groups is 1. The van der Waals surface area contributed by atoms with Crippen LogP contribution in [0, 0.1) is 0 Å². The van der Waals surface area contributed by atoms with E-state index in [1.165, 1.54) is 0 Å². The highest BCUT2D eigenvalue weighted by atomic mass is 16.3. The first-order valence-corrected chi connectivity index (χ1v) is 11.7. The summed E-state index contributed by atoms with van der Waals surface area (Å²) >= 11 is 0. The van der Waals surface area contributed by atoms with Crippen LogP contribution in [-0.2, 0) is 13.0 Å². The average Bonchev–Trinajstić information content (AvgIpc) is 3.51. The Kier molecular flexibility index (Phi) is 5.96. The van der Waals surface area contributed by atoms with Crippen LogP contribution in [0.2, 0.25) is 0 Å². The number of aromatic nitrogens is 4. The molecule has 4 aromatic rings. The largest absolute Gasteiger partial charge is 0.391 e. The molecular weight excluding hydrogens is 414 g/mol. The van der Waals surface area contributed by atoms with Gasteiger partial charge in [0.05, 0.1) is 17.8 Å². The molecule has 7 heteroatoms. The predicted octanol–water partition coefficient (Wildman–Crippen LogP) is 3.87. The van der Waals surface area contributed by atoms with Crippen LogP contribution in [0.3, 0.4) is 0 Å². The summed E-state index contributed by atoms with van der Waals surface area (Å²) in [5.41, 5.74) is 4.44. The SMILES string of the molecule is CCn1ccc2c(Cc3ccc(-n4cccn4)cc3)cc(C(=O)N[C@H]3CCCC[C@@H]3O)nc21. The maximum absolute atomic E-state index is 13.1. The summed E-state index contributed by atoms with van der Waals surface area (Å²) in [6.45, 7) is 2.85. The first kappa shape index (κ1) is 21.4. The Morgan fingerprint density at radius 2 is 1.97 bits per heavy atom. The lowest BCUT2D eigenvalue weighted by atomic mass is 9.92. The number of fused-ring (bicyclic) bond motifs is 1. The van der Waals surface area contributed by atoms with Gasteiger partial charge in [-0.25, -0.2) is 9.67 Å². The molecule has 2 N–H and O–H groups in total. The van der Waals surface area contributed by atoms with Crippen molar-refractivity contribution in [3.8, 4) is 5.69 Å². The van der Waals surface area contributed by atoms with Crippen LogP contribution in [0.15, 0.2) is 61.1 Å². The zero-order valence-corrected chi connectivity index (χ0v) is 18.8. The van der Waals surface area contributed by atoms with Crippen LogP contribution < -0.4 is 5.32 Å². The minimum absolute atomic E-state index is 0.208. The number of hydrogen-bond acceptors (Lipinski definition) is 4. The van der Waals surface area contributed by atoms with Crippen molar-refractivity contribution in [3.05, 3.63) is 77.9 Å². The second-order valence-electron chi connectivity index (χ2n) is 8.73. The van der Waals surface area contributed by atoms with Crippen LogP contribution in [0.1, 0.15) is 54.2 Å². The zero-order chi connectivity index (χ0) is 22.8. The lowest BCUT2D eigenvalue weighted by Crippen LogP contribution is -2.45. The predicted molar refractivity (Wildman–Crippen MR) is 128 cm³/mol. The van der Waals surface area contributed by atoms with Gasteiger partial charge in [-0.3, -0.25) is 4.79 Å². The van der Waals surface area contributed by atoms with Gasteiger partial charge in [-0.15, -0.1) is 0 Å². The highest BCUT2D eigenvalue weighted by Gasteiger charge is 2.26. The number of aliphatic hydroxyl groups excluding tert-OH is 1. The van der Waals surface area contributed by atoms with Crippen molar-refractivity contribution >= 4 is 16.9 Å². The van der Waals surface area contributed by atoms with Crippen molar-refractivity contribution in [3.63, 3.8) is 0 Å². The maximum atomic E-state index is 13.1. The summed E-state index contributed by atoms with van der Waals surface area (Å²) in [5.74, 6) is -0.220. The molecule has 1 aromatic carbocycles. The third-order valence-corrected chi connectivity index (χ3v) is 6.54. The van der Waals surface area contributed by atoms with Crippen molar-refractivity contribution in [2.24, 2.45) is 0 Å². The Hall–Kier alpha value is -3.45. The summed E-state index contributed by atoms with van der Waals surface area (Å²) in [6.07, 6.45) is 9.47. The first-order chi connectivity index (χ1) is 16.1. The van der Waals surface area contributed by atoms with Gasteiger partial charge in [0.2, 0.25) is 0 Å². The second-order valence-corrected chi connectivity index (χ2v) is 8.73. The van der Waals surface area contributed by atoms with E-state index in [0.29, 0.717) is 12.1 Å². The molecule has 170 valence electrons. The van der Waals surface area contributed by atoms with Gasteiger partial charge < -0.3 is 15.0 Å². The molecule has 3 aromatic heterocycles. The normalized spacial score (nSPS) is 18.5. The number of rotatable bonds is 6. The molecule has 0 radical (unpaired) electrons. The van der Waals surface area contributed by atoms with Gasteiger partial charge in [0.15, 0.2) is 0 Å². The molecule has 1 aliphatic carbocycles. The molecule has 0 aliphatic heterocycles. The van der Waals surface area contributed by atoms with Crippen molar-refractivity contribution in [2.75, 3.05) is 0 Å². The van der Waals surface area contributed by atoms with Gasteiger partial charge in [-0.1, -0.05) is 25.0 Å². The second kappa shape index (κ2) is 9.19. The van der Waals surface area contributed by atoms with Crippen molar-refractivity contribution in [1.82, 2.24) is 24.6 Å². The summed E-state index contributed by atoms with van der Waals surface area (Å²) < 4.78 is 3.89. The Morgan fingerprint density at radius 1 is 1.15 bits per heavy atom. The van der Waals surface area contributed by atoms with Crippen LogP contribution in [0.25, 0.3) is 16.7 Å². The maximum Gasteiger partial charge on any atom is 0.270 e. The summed E-state index contributed by atoms with van der Waals surface area (Å²) in [6, 6.07) is 14.0. The fourth-order valence-electron chi connectivity index (χ4n) is 4.68. The van der Waals surface area contributed by atoms with Gasteiger partial charge in [0.25, 0.3) is 5.91 Å². The summed E-state index contributed by atoms with van der Waals surface area (Å²) in [5, 5.41) is 18.6. The van der Waals surface area contributed by atoms with E-state index in [2.05, 4.69) is 52.2 Å². The van der Waals surface area contributed by atoms with Crippen LogP contribution in [0.5, 0.6) is 0 Å². The third kappa shape index (κ3) is 4.41. The lowest BCUT2D eigenvalue weighted by Gasteiger charge is -2.28. The molecule has 3 heterocycles. The van der Waals surface area contributed by atoms with Gasteiger partial charge in [-0.05, 0) is 67.6 Å². The molecule has 1 fully saturated rings. The Bertz CT molecular complexity index is 1240. The highest BCUT2D eigenvalue weighted by molar-refractivity contribution is 5.95. The van der Waals surface area contributed by atoms with E-state index in [1.54, 1.807) is 6.20 Å². The van der Waals surface area contributed by atoms with E-state index in [9.17, 15) is 9.90 Å². The number of hydrogen-bond donors (Lipinski definition) is 2. The molecule has 0 bridgehead atoms. The molecular formula is C26H29N5O2. The molecule has 33 heavy (non-hydrogen) atoms. The Labute approximate surface area is 193 Å². The lowest BCUT2D eigenvalue weighted by molar-refractivity contribution is 0.0714. The number of nitrogens with one attached hydrogen (secondary N) is 1. The molecule has 1 amide bonds. The van der Waals surface area contributed by atoms with Crippen molar-refractivity contribution in [1.29, 1.82) is 0 Å². The van der Waals surface area contributed by atoms with Gasteiger partial charge >= 0.3 is 0 Å². The van der Waals surface area contributed by atoms with Gasteiger partial charge in [0.1, 0.15) is 11.3 Å². The summed E-state index contributed by atoms with van der Waals surface area (Å²) in [4.78, 5) is 17.8. The summed E-state index contributed by atoms with van der Waals surface area (Å²) in [7, 11) is 0. The van der Waals surface area contributed by atoms with Crippen molar-refractivity contribution in [2.45, 2.75) is 57.7 Å². The van der Waals surface area contributed by atoms with Crippen molar-refractivity contribution < 1.29 is 9.90 Å². The Balaban J connectivity index is 1.45. The number of carbonyl (C=O) groups excluding carboxylic acids is 1. The van der Waals surface area contributed by atoms with Crippen LogP contribution in [-0.4, -0.2) is 42.5 Å². The Morgan fingerprint density at radius 3 is 2.70 bits per heavy atom. The first-order valence-electron chi connectivity index (χ1n) is 11.7. The number of nitrogens with zero attached hydrogens (tertiary/aromatic N) is 4. The molecule has 0 spiro atoms. The van der Waals surface area contributed by atoms with E-state index in [0.717, 1.165) is 60.1 Å². The van der Waals surface area contributed by atoms with E-state index in [1.807, 2.05) is 29.2 Å². The minimum atomic E-state index is -0.487. The molecule has 0 saturated heterocycles. The topological polar surface area (TPSA) is 85.0 Å². The smallest absolute Gasteiger partial charge is 0.270 e. The average molecular weight is 444 g/mol. The molecule has 1 aliphatic rings. The van der Waals surface area contributed by atoms with Crippen LogP contribution in [0.4, 0.5) is 0 Å². The molecule has 1 saturated carbocycles. The number of pyridine rings is 1. The number of aryl methyl sites for hydroxylation is 1. The molecule has 0 unspecified atom stereocenters. The zero-order valence-electron chi connectivity index (χ0n) is 18.8. The van der Waals surface area contributed by atoms with Gasteiger partial charge in [-0.2, -0.15) is 5.10 Å². The van der Waals surface area contributed by atoms with Crippen LogP contribution >= 0.6 is 0 Å². The third-order valence-electron chi connectivity index (χ3n) is 6.54. The minimum Gasteiger partial charge on any atom is -0.391 e. The molecule has 2 atom stereocenters. The fraction of sp³-hybridized carbons (Fsp3) is 0.346. The standard InChI is InChI=1S/C26H29N5O2/c1-2-30-15-12-21-19(16-18-8-10-20(11-9-18)31-14-5-13-27-31)17-23(28-25(21)30)26(33)29-22-6-3-4-7-24(22)32/h5,8-15,17,22,24,32H,2-4,6-7,16H2,1H3,(H,29,33)/t22-,24-/m0/s1. The quantitative estimate of drug-likeness (QED) is 0.474. The van der Waals surface area contributed by atoms with E-state index >= 15 is 0 Å². The van der Waals surface area contributed by atoms with E-state index in [4.69, 9.17) is 4.98 Å². The molecule has 7 nitrogen and oxygen atoms in total.